The van der Waals surface area contributed by atoms with Crippen LogP contribution in [0.2, 0.25) is 0 Å². The summed E-state index contributed by atoms with van der Waals surface area (Å²) >= 11 is 0. The van der Waals surface area contributed by atoms with Crippen molar-refractivity contribution in [1.29, 1.82) is 0 Å². The van der Waals surface area contributed by atoms with Crippen LogP contribution in [0.4, 0.5) is 0 Å². The van der Waals surface area contributed by atoms with Crippen LogP contribution in [-0.2, 0) is 0 Å². The highest BCUT2D eigenvalue weighted by Gasteiger charge is 1.63. The molecule has 0 atom stereocenters. The van der Waals surface area contributed by atoms with Crippen molar-refractivity contribution in [1.82, 2.24) is 0 Å². The van der Waals surface area contributed by atoms with Crippen LogP contribution in [0, 0.1) is 0 Å². The Labute approximate surface area is 38.5 Å². The van der Waals surface area contributed by atoms with Gasteiger partial charge in [-0.2, -0.15) is 0 Å². The Kier molecular flexibility index (Phi) is 2.46. The Hall–Kier alpha value is -0.530. The van der Waals surface area contributed by atoms with Gasteiger partial charge < -0.3 is 5.43 Å². The zero-order valence-corrected chi connectivity index (χ0v) is 4.47. The zero-order chi connectivity index (χ0) is 4.99. The van der Waals surface area contributed by atoms with Gasteiger partial charge in [0, 0.05) is 6.92 Å². The highest BCUT2D eigenvalue weighted by Crippen LogP contribution is 1.70. The number of hydrogen-bond donors (Lipinski definition) is 0. The predicted octanol–water partition coefficient (Wildman–Crippen LogP) is 0.638. The Balaban J connectivity index is 3.22. The van der Waals surface area contributed by atoms with E-state index in [4.69, 9.17) is 0 Å². The fourth-order valence-electron chi connectivity index (χ4n) is 0.115. The van der Waals surface area contributed by atoms with Crippen LogP contribution in [0.1, 0.15) is 6.92 Å². The normalized spacial score (nSPS) is 11.5. The lowest BCUT2D eigenvalue weighted by atomic mass is 10.9. The van der Waals surface area contributed by atoms with Crippen molar-refractivity contribution in [3.63, 3.8) is 0 Å². The number of rotatable bonds is 1. The molecule has 0 N–H and O–H groups in total. The van der Waals surface area contributed by atoms with Crippen molar-refractivity contribution in [3.05, 3.63) is 5.43 Å². The maximum atomic E-state index is 3.78. The second-order valence-corrected chi connectivity index (χ2v) is 1.03. The summed E-state index contributed by atoms with van der Waals surface area (Å²) in [6, 6.07) is 0. The van der Waals surface area contributed by atoms with Gasteiger partial charge >= 0.3 is 0 Å². The summed E-state index contributed by atoms with van der Waals surface area (Å²) in [4.78, 5) is 0. The molecular formula is C4H10N2. The first-order chi connectivity index (χ1) is 2.81. The maximum Gasteiger partial charge on any atom is 0.131 e. The minimum absolute atomic E-state index is 1.75. The van der Waals surface area contributed by atoms with Crippen LogP contribution in [-0.4, -0.2) is 25.0 Å². The van der Waals surface area contributed by atoms with Crippen molar-refractivity contribution < 1.29 is 4.68 Å². The Morgan fingerprint density at radius 1 is 1.67 bits per heavy atom. The van der Waals surface area contributed by atoms with Gasteiger partial charge in [0.05, 0.1) is 0 Å². The number of hydrogen-bond acceptors (Lipinski definition) is 0. The van der Waals surface area contributed by atoms with E-state index < -0.39 is 0 Å². The van der Waals surface area contributed by atoms with Gasteiger partial charge in [-0.1, -0.05) is 7.05 Å². The lowest BCUT2D eigenvalue weighted by Gasteiger charge is -2.01. The molecule has 2 nitrogen and oxygen atoms in total. The molecule has 0 aromatic rings. The Morgan fingerprint density at radius 2 is 2.17 bits per heavy atom. The van der Waals surface area contributed by atoms with Crippen molar-refractivity contribution in [2.75, 3.05) is 14.1 Å². The minimum Gasteiger partial charge on any atom is -0.444 e. The topological polar surface area (TPSA) is 17.1 Å². The molecule has 0 saturated heterocycles. The largest absolute Gasteiger partial charge is 0.444 e. The highest BCUT2D eigenvalue weighted by molar-refractivity contribution is 5.46. The molecule has 0 saturated carbocycles. The van der Waals surface area contributed by atoms with Crippen molar-refractivity contribution in [2.24, 2.45) is 0 Å². The average molecular weight is 86.1 g/mol. The van der Waals surface area contributed by atoms with Gasteiger partial charge in [0.1, 0.15) is 13.3 Å². The van der Waals surface area contributed by atoms with E-state index in [2.05, 4.69) is 5.43 Å². The second-order valence-electron chi connectivity index (χ2n) is 1.03. The smallest absolute Gasteiger partial charge is 0.131 e. The third kappa shape index (κ3) is 1.76. The molecule has 2 heteroatoms. The van der Waals surface area contributed by atoms with E-state index in [0.717, 1.165) is 0 Å². The van der Waals surface area contributed by atoms with Crippen molar-refractivity contribution in [3.8, 4) is 0 Å². The lowest BCUT2D eigenvalue weighted by Crippen LogP contribution is -1.94. The quantitative estimate of drug-likeness (QED) is 0.253. The fraction of sp³-hybridized carbons (Fsp3) is 0.750. The standard InChI is InChI=1S/C4H10N2/c1-4-6(3)5-2/h4H,1-3H3/b6-4+. The molecule has 0 bridgehead atoms. The van der Waals surface area contributed by atoms with Gasteiger partial charge in [-0.05, 0) is 0 Å². The summed E-state index contributed by atoms with van der Waals surface area (Å²) in [5, 5.41) is 0. The van der Waals surface area contributed by atoms with Crippen LogP contribution in [0.15, 0.2) is 0 Å². The molecular weight excluding hydrogens is 76.1 g/mol. The molecule has 0 fully saturated rings. The first kappa shape index (κ1) is 5.47. The SMILES string of the molecule is C/C=[N+](\C)[N-]C. The third-order valence-electron chi connectivity index (χ3n) is 0.689. The van der Waals surface area contributed by atoms with E-state index in [1.807, 2.05) is 20.2 Å². The molecule has 0 aliphatic heterocycles. The van der Waals surface area contributed by atoms with Gasteiger partial charge in [0.25, 0.3) is 0 Å². The van der Waals surface area contributed by atoms with Gasteiger partial charge in [-0.25, -0.2) is 0 Å². The van der Waals surface area contributed by atoms with Crippen molar-refractivity contribution >= 4 is 6.21 Å². The van der Waals surface area contributed by atoms with Crippen LogP contribution in [0.3, 0.4) is 0 Å². The van der Waals surface area contributed by atoms with E-state index in [1.165, 1.54) is 0 Å². The molecule has 0 radical (unpaired) electrons. The molecule has 0 aromatic heterocycles. The van der Waals surface area contributed by atoms with Gasteiger partial charge in [0.2, 0.25) is 0 Å². The summed E-state index contributed by atoms with van der Waals surface area (Å²) in [6.45, 7) is 1.94. The van der Waals surface area contributed by atoms with E-state index >= 15 is 0 Å². The monoisotopic (exact) mass is 86.1 g/mol. The van der Waals surface area contributed by atoms with E-state index in [0.29, 0.717) is 0 Å². The molecule has 0 aliphatic rings. The van der Waals surface area contributed by atoms with E-state index in [9.17, 15) is 0 Å². The Bertz CT molecular complexity index is 56.6. The summed E-state index contributed by atoms with van der Waals surface area (Å²) in [5.74, 6) is 0. The van der Waals surface area contributed by atoms with Crippen LogP contribution in [0.25, 0.3) is 5.43 Å². The van der Waals surface area contributed by atoms with E-state index in [-0.39, 0.29) is 0 Å². The number of nitrogens with zero attached hydrogens (tertiary/aromatic N) is 2. The highest BCUT2D eigenvalue weighted by atomic mass is 15.4. The summed E-state index contributed by atoms with van der Waals surface area (Å²) in [5.41, 5.74) is 3.78. The molecule has 0 amide bonds. The van der Waals surface area contributed by atoms with Crippen LogP contribution < -0.4 is 0 Å². The molecule has 0 aliphatic carbocycles. The maximum absolute atomic E-state index is 3.78. The third-order valence-corrected chi connectivity index (χ3v) is 0.689. The molecule has 0 aromatic carbocycles. The van der Waals surface area contributed by atoms with Crippen LogP contribution in [0.5, 0.6) is 0 Å². The summed E-state index contributed by atoms with van der Waals surface area (Å²) in [6.07, 6.45) is 1.89. The van der Waals surface area contributed by atoms with Gasteiger partial charge in [0.15, 0.2) is 0 Å². The zero-order valence-electron chi connectivity index (χ0n) is 4.47. The van der Waals surface area contributed by atoms with Crippen LogP contribution >= 0.6 is 0 Å². The molecule has 0 spiro atoms. The molecule has 6 heavy (non-hydrogen) atoms. The first-order valence-corrected chi connectivity index (χ1v) is 1.93. The van der Waals surface area contributed by atoms with E-state index in [1.54, 1.807) is 11.7 Å². The molecule has 0 unspecified atom stereocenters. The van der Waals surface area contributed by atoms with Gasteiger partial charge in [-0.3, -0.25) is 4.68 Å². The fourth-order valence-corrected chi connectivity index (χ4v) is 0.115. The molecule has 0 heterocycles. The molecule has 36 valence electrons. The van der Waals surface area contributed by atoms with Crippen molar-refractivity contribution in [2.45, 2.75) is 6.92 Å². The summed E-state index contributed by atoms with van der Waals surface area (Å²) in [7, 11) is 3.64. The first-order valence-electron chi connectivity index (χ1n) is 1.93. The second kappa shape index (κ2) is 2.69. The average Bonchev–Trinajstić information content (AvgIpc) is 1.65. The van der Waals surface area contributed by atoms with Gasteiger partial charge in [-0.15, -0.1) is 0 Å². The molecule has 0 rings (SSSR count). The summed E-state index contributed by atoms with van der Waals surface area (Å²) < 4.78 is 1.75. The Morgan fingerprint density at radius 3 is 2.17 bits per heavy atom. The lowest BCUT2D eigenvalue weighted by molar-refractivity contribution is -0.438. The minimum atomic E-state index is 1.75. The predicted molar refractivity (Wildman–Crippen MR) is 27.2 cm³/mol.